The number of rotatable bonds is 10. The minimum atomic E-state index is -1.51. The lowest BCUT2D eigenvalue weighted by Crippen LogP contribution is -2.32. The summed E-state index contributed by atoms with van der Waals surface area (Å²) < 4.78 is 25.9. The lowest BCUT2D eigenvalue weighted by Gasteiger charge is -2.27. The molecule has 0 spiro atoms. The van der Waals surface area contributed by atoms with Crippen molar-refractivity contribution in [2.75, 3.05) is 34.5 Å². The zero-order valence-electron chi connectivity index (χ0n) is 16.3. The van der Waals surface area contributed by atoms with Gasteiger partial charge in [0.05, 0.1) is 53.5 Å². The number of hydrogen-bond acceptors (Lipinski definition) is 8. The Hall–Kier alpha value is -2.95. The number of carbonyl (C=O) groups excluding carboxylic acids is 2. The first-order valence-electron chi connectivity index (χ1n) is 8.44. The second kappa shape index (κ2) is 10.3. The molecule has 1 rings (SSSR count). The van der Waals surface area contributed by atoms with Gasteiger partial charge in [0.25, 0.3) is 0 Å². The molecule has 0 radical (unpaired) electrons. The van der Waals surface area contributed by atoms with Crippen LogP contribution in [-0.2, 0) is 24.5 Å². The van der Waals surface area contributed by atoms with Crippen molar-refractivity contribution < 1.29 is 33.3 Å². The van der Waals surface area contributed by atoms with Gasteiger partial charge in [-0.15, -0.1) is 0 Å². The SMILES string of the molecule is CCOC(=O)CC(C#N)(CC(=O)OCC)c1cc(OC)c(OC)c(OC)c1. The number of nitriles is 1. The highest BCUT2D eigenvalue weighted by Gasteiger charge is 2.40. The molecule has 8 nitrogen and oxygen atoms in total. The molecule has 1 aromatic rings. The molecule has 0 aliphatic rings. The van der Waals surface area contributed by atoms with E-state index in [1.165, 1.54) is 21.3 Å². The van der Waals surface area contributed by atoms with Gasteiger partial charge >= 0.3 is 11.9 Å². The van der Waals surface area contributed by atoms with Crippen LogP contribution in [0.4, 0.5) is 0 Å². The zero-order valence-corrected chi connectivity index (χ0v) is 16.3. The van der Waals surface area contributed by atoms with Gasteiger partial charge in [-0.2, -0.15) is 5.26 Å². The Morgan fingerprint density at radius 2 is 1.37 bits per heavy atom. The number of hydrogen-bond donors (Lipinski definition) is 0. The van der Waals surface area contributed by atoms with Crippen LogP contribution in [-0.4, -0.2) is 46.5 Å². The Labute approximate surface area is 158 Å². The average Bonchev–Trinajstić information content (AvgIpc) is 2.66. The van der Waals surface area contributed by atoms with Gasteiger partial charge in [0.1, 0.15) is 5.41 Å². The Bertz CT molecular complexity index is 663. The summed E-state index contributed by atoms with van der Waals surface area (Å²) in [5.41, 5.74) is -1.15. The molecule has 0 saturated carbocycles. The molecule has 0 aromatic heterocycles. The second-order valence-electron chi connectivity index (χ2n) is 5.57. The van der Waals surface area contributed by atoms with E-state index in [9.17, 15) is 14.9 Å². The maximum atomic E-state index is 12.1. The van der Waals surface area contributed by atoms with Crippen LogP contribution in [0, 0.1) is 11.3 Å². The molecule has 27 heavy (non-hydrogen) atoms. The van der Waals surface area contributed by atoms with E-state index in [1.807, 2.05) is 0 Å². The predicted octanol–water partition coefficient (Wildman–Crippen LogP) is 2.38. The third-order valence-corrected chi connectivity index (χ3v) is 3.93. The van der Waals surface area contributed by atoms with Crippen LogP contribution in [0.5, 0.6) is 17.2 Å². The fourth-order valence-corrected chi connectivity index (χ4v) is 2.68. The van der Waals surface area contributed by atoms with E-state index in [1.54, 1.807) is 26.0 Å². The maximum absolute atomic E-state index is 12.1. The molecule has 0 aliphatic heterocycles. The van der Waals surface area contributed by atoms with Crippen molar-refractivity contribution in [3.63, 3.8) is 0 Å². The van der Waals surface area contributed by atoms with E-state index in [-0.39, 0.29) is 26.1 Å². The fraction of sp³-hybridized carbons (Fsp3) is 0.526. The smallest absolute Gasteiger partial charge is 0.307 e. The fourth-order valence-electron chi connectivity index (χ4n) is 2.68. The predicted molar refractivity (Wildman–Crippen MR) is 95.9 cm³/mol. The molecule has 148 valence electrons. The highest BCUT2D eigenvalue weighted by molar-refractivity contribution is 5.78. The van der Waals surface area contributed by atoms with E-state index < -0.39 is 17.4 Å². The number of nitrogens with zero attached hydrogens (tertiary/aromatic N) is 1. The van der Waals surface area contributed by atoms with Gasteiger partial charge in [-0.1, -0.05) is 0 Å². The molecule has 0 amide bonds. The van der Waals surface area contributed by atoms with Gasteiger partial charge in [-0.25, -0.2) is 0 Å². The van der Waals surface area contributed by atoms with E-state index in [4.69, 9.17) is 23.7 Å². The Morgan fingerprint density at radius 1 is 0.926 bits per heavy atom. The average molecular weight is 379 g/mol. The number of methoxy groups -OCH3 is 3. The van der Waals surface area contributed by atoms with Crippen LogP contribution in [0.2, 0.25) is 0 Å². The molecule has 8 heteroatoms. The largest absolute Gasteiger partial charge is 0.493 e. The van der Waals surface area contributed by atoms with Crippen molar-refractivity contribution in [2.45, 2.75) is 32.1 Å². The van der Waals surface area contributed by atoms with Crippen LogP contribution in [0.15, 0.2) is 12.1 Å². The Kier molecular flexibility index (Phi) is 8.39. The molecule has 0 saturated heterocycles. The number of benzene rings is 1. The second-order valence-corrected chi connectivity index (χ2v) is 5.57. The molecule has 0 heterocycles. The maximum Gasteiger partial charge on any atom is 0.307 e. The molecule has 0 atom stereocenters. The summed E-state index contributed by atoms with van der Waals surface area (Å²) >= 11 is 0. The van der Waals surface area contributed by atoms with Gasteiger partial charge < -0.3 is 23.7 Å². The van der Waals surface area contributed by atoms with E-state index in [2.05, 4.69) is 6.07 Å². The van der Waals surface area contributed by atoms with Crippen molar-refractivity contribution in [1.82, 2.24) is 0 Å². The first-order chi connectivity index (χ1) is 12.9. The van der Waals surface area contributed by atoms with Gasteiger partial charge in [0.15, 0.2) is 11.5 Å². The van der Waals surface area contributed by atoms with Crippen LogP contribution in [0.25, 0.3) is 0 Å². The monoisotopic (exact) mass is 379 g/mol. The standard InChI is InChI=1S/C19H25NO7/c1-6-26-16(21)10-19(12-20,11-17(22)27-7-2)13-8-14(23-3)18(25-5)15(9-13)24-4/h8-9H,6-7,10-11H2,1-5H3. The lowest BCUT2D eigenvalue weighted by molar-refractivity contribution is -0.146. The van der Waals surface area contributed by atoms with Gasteiger partial charge in [0, 0.05) is 0 Å². The number of ether oxygens (including phenoxy) is 5. The molecule has 0 bridgehead atoms. The molecule has 0 N–H and O–H groups in total. The van der Waals surface area contributed by atoms with Gasteiger partial charge in [-0.05, 0) is 31.5 Å². The van der Waals surface area contributed by atoms with E-state index >= 15 is 0 Å². The molecule has 1 aromatic carbocycles. The van der Waals surface area contributed by atoms with Crippen LogP contribution < -0.4 is 14.2 Å². The molecule has 0 aliphatic carbocycles. The Balaban J connectivity index is 3.55. The summed E-state index contributed by atoms with van der Waals surface area (Å²) in [5.74, 6) is -0.254. The van der Waals surface area contributed by atoms with Gasteiger partial charge in [0.2, 0.25) is 5.75 Å². The third-order valence-electron chi connectivity index (χ3n) is 3.93. The summed E-state index contributed by atoms with van der Waals surface area (Å²) in [5, 5.41) is 9.94. The summed E-state index contributed by atoms with van der Waals surface area (Å²) in [6, 6.07) is 5.19. The Morgan fingerprint density at radius 3 is 1.67 bits per heavy atom. The minimum absolute atomic E-state index is 0.162. The summed E-state index contributed by atoms with van der Waals surface area (Å²) in [7, 11) is 4.33. The van der Waals surface area contributed by atoms with Crippen molar-refractivity contribution >= 4 is 11.9 Å². The molecule has 0 unspecified atom stereocenters. The van der Waals surface area contributed by atoms with E-state index in [0.29, 0.717) is 22.8 Å². The molecular formula is C19H25NO7. The minimum Gasteiger partial charge on any atom is -0.493 e. The topological polar surface area (TPSA) is 104 Å². The number of carbonyl (C=O) groups is 2. The highest BCUT2D eigenvalue weighted by atomic mass is 16.5. The summed E-state index contributed by atoms with van der Waals surface area (Å²) in [4.78, 5) is 24.3. The lowest BCUT2D eigenvalue weighted by atomic mass is 9.76. The quantitative estimate of drug-likeness (QED) is 0.571. The highest BCUT2D eigenvalue weighted by Crippen LogP contribution is 2.43. The van der Waals surface area contributed by atoms with Crippen LogP contribution in [0.1, 0.15) is 32.3 Å². The van der Waals surface area contributed by atoms with Crippen molar-refractivity contribution in [3.05, 3.63) is 17.7 Å². The third kappa shape index (κ3) is 5.26. The summed E-state index contributed by atoms with van der Waals surface area (Å²) in [6.45, 7) is 3.65. The van der Waals surface area contributed by atoms with E-state index in [0.717, 1.165) is 0 Å². The molecule has 0 fully saturated rings. The first-order valence-corrected chi connectivity index (χ1v) is 8.44. The zero-order chi connectivity index (χ0) is 20.4. The van der Waals surface area contributed by atoms with Crippen molar-refractivity contribution in [2.24, 2.45) is 0 Å². The van der Waals surface area contributed by atoms with Gasteiger partial charge in [-0.3, -0.25) is 9.59 Å². The summed E-state index contributed by atoms with van der Waals surface area (Å²) in [6.07, 6.45) is -0.649. The normalized spacial score (nSPS) is 10.5. The van der Waals surface area contributed by atoms with Crippen molar-refractivity contribution in [3.8, 4) is 23.3 Å². The van der Waals surface area contributed by atoms with Crippen molar-refractivity contribution in [1.29, 1.82) is 5.26 Å². The molecular weight excluding hydrogens is 354 g/mol. The number of esters is 2. The van der Waals surface area contributed by atoms with Crippen LogP contribution >= 0.6 is 0 Å². The first kappa shape index (κ1) is 22.1. The van der Waals surface area contributed by atoms with Crippen LogP contribution in [0.3, 0.4) is 0 Å².